The summed E-state index contributed by atoms with van der Waals surface area (Å²) in [5.41, 5.74) is 4.45. The van der Waals surface area contributed by atoms with E-state index in [-0.39, 0.29) is 39.3 Å². The second-order valence-corrected chi connectivity index (χ2v) is 7.14. The van der Waals surface area contributed by atoms with Gasteiger partial charge < -0.3 is 20.5 Å². The van der Waals surface area contributed by atoms with Gasteiger partial charge in [-0.25, -0.2) is 4.79 Å². The summed E-state index contributed by atoms with van der Waals surface area (Å²) in [5.74, 6) is -0.0183. The molecule has 34 heavy (non-hydrogen) atoms. The van der Waals surface area contributed by atoms with Crippen molar-refractivity contribution in [3.63, 3.8) is 0 Å². The lowest BCUT2D eigenvalue weighted by molar-refractivity contribution is -0.137. The molecule has 3 aromatic rings. The van der Waals surface area contributed by atoms with Gasteiger partial charge in [-0.3, -0.25) is 14.7 Å². The van der Waals surface area contributed by atoms with Crippen molar-refractivity contribution in [2.24, 2.45) is 5.73 Å². The first-order valence-corrected chi connectivity index (χ1v) is 9.93. The standard InChI is InChI=1S/C22H18ClF3N4O4/c1-28-20(31)16-11-14(7-8-29-16)34-18-6-4-13(10-15(18)23)30(21(27)32)17-9-12(22(24,25)26)3-5-19(17)33-2/h3-11H,1-2H3,(H2,27,32)(H,28,31). The van der Waals surface area contributed by atoms with E-state index >= 15 is 0 Å². The van der Waals surface area contributed by atoms with E-state index in [1.54, 1.807) is 0 Å². The molecule has 0 spiro atoms. The van der Waals surface area contributed by atoms with Crippen LogP contribution in [-0.4, -0.2) is 31.1 Å². The van der Waals surface area contributed by atoms with Crippen molar-refractivity contribution >= 4 is 34.9 Å². The van der Waals surface area contributed by atoms with E-state index in [0.29, 0.717) is 0 Å². The van der Waals surface area contributed by atoms with Crippen LogP contribution in [0.3, 0.4) is 0 Å². The van der Waals surface area contributed by atoms with Gasteiger partial charge in [-0.15, -0.1) is 0 Å². The fourth-order valence-corrected chi connectivity index (χ4v) is 3.20. The van der Waals surface area contributed by atoms with Gasteiger partial charge in [0.25, 0.3) is 5.91 Å². The molecule has 0 aliphatic heterocycles. The first-order valence-electron chi connectivity index (χ1n) is 9.55. The molecule has 0 aliphatic carbocycles. The number of ether oxygens (including phenoxy) is 2. The number of primary amides is 1. The molecule has 1 heterocycles. The molecule has 0 aliphatic rings. The Labute approximate surface area is 197 Å². The lowest BCUT2D eigenvalue weighted by atomic mass is 10.1. The topological polar surface area (TPSA) is 107 Å². The SMILES string of the molecule is CNC(=O)c1cc(Oc2ccc(N(C(N)=O)c3cc(C(F)(F)F)ccc3OC)cc2Cl)ccn1. The third-order valence-corrected chi connectivity index (χ3v) is 4.86. The Morgan fingerprint density at radius 2 is 1.79 bits per heavy atom. The average Bonchev–Trinajstić information content (AvgIpc) is 2.79. The molecule has 178 valence electrons. The van der Waals surface area contributed by atoms with Gasteiger partial charge in [0.05, 0.1) is 29.1 Å². The summed E-state index contributed by atoms with van der Waals surface area (Å²) in [6.07, 6.45) is -3.28. The number of nitrogens with two attached hydrogens (primary N) is 1. The zero-order chi connectivity index (χ0) is 25.0. The number of amides is 3. The van der Waals surface area contributed by atoms with Gasteiger partial charge in [-0.2, -0.15) is 13.2 Å². The zero-order valence-electron chi connectivity index (χ0n) is 17.8. The number of rotatable bonds is 6. The smallest absolute Gasteiger partial charge is 0.416 e. The number of nitrogens with one attached hydrogen (secondary N) is 1. The van der Waals surface area contributed by atoms with Crippen LogP contribution in [0.2, 0.25) is 5.02 Å². The lowest BCUT2D eigenvalue weighted by Gasteiger charge is -2.24. The molecule has 3 rings (SSSR count). The normalized spacial score (nSPS) is 11.0. The molecule has 8 nitrogen and oxygen atoms in total. The predicted octanol–water partition coefficient (Wildman–Crippen LogP) is 5.13. The fourth-order valence-electron chi connectivity index (χ4n) is 2.99. The molecular formula is C22H18ClF3N4O4. The quantitative estimate of drug-likeness (QED) is 0.494. The molecule has 3 amide bonds. The number of benzene rings is 2. The number of nitrogens with zero attached hydrogens (tertiary/aromatic N) is 2. The Morgan fingerprint density at radius 3 is 2.38 bits per heavy atom. The molecular weight excluding hydrogens is 477 g/mol. The van der Waals surface area contributed by atoms with Crippen LogP contribution in [-0.2, 0) is 6.18 Å². The summed E-state index contributed by atoms with van der Waals surface area (Å²) in [7, 11) is 2.70. The zero-order valence-corrected chi connectivity index (χ0v) is 18.6. The predicted molar refractivity (Wildman–Crippen MR) is 119 cm³/mol. The number of halogens is 4. The Hall–Kier alpha value is -3.99. The Bertz CT molecular complexity index is 1240. The minimum atomic E-state index is -4.66. The molecule has 0 atom stereocenters. The van der Waals surface area contributed by atoms with Gasteiger partial charge >= 0.3 is 12.2 Å². The number of methoxy groups -OCH3 is 1. The van der Waals surface area contributed by atoms with Crippen LogP contribution in [0.15, 0.2) is 54.7 Å². The molecule has 0 fully saturated rings. The van der Waals surface area contributed by atoms with Gasteiger partial charge in [0.1, 0.15) is 22.9 Å². The van der Waals surface area contributed by atoms with E-state index < -0.39 is 23.7 Å². The number of alkyl halides is 3. The Kier molecular flexibility index (Phi) is 7.16. The van der Waals surface area contributed by atoms with Crippen LogP contribution in [0.5, 0.6) is 17.2 Å². The second kappa shape index (κ2) is 9.87. The van der Waals surface area contributed by atoms with Gasteiger partial charge in [0.15, 0.2) is 0 Å². The number of anilines is 2. The maximum absolute atomic E-state index is 13.3. The average molecular weight is 495 g/mol. The molecule has 12 heteroatoms. The van der Waals surface area contributed by atoms with Gasteiger partial charge in [-0.05, 0) is 42.5 Å². The molecule has 0 unspecified atom stereocenters. The number of pyridine rings is 1. The molecule has 2 aromatic carbocycles. The monoisotopic (exact) mass is 494 g/mol. The van der Waals surface area contributed by atoms with E-state index in [1.165, 1.54) is 50.7 Å². The van der Waals surface area contributed by atoms with Gasteiger partial charge in [0, 0.05) is 19.3 Å². The van der Waals surface area contributed by atoms with Crippen molar-refractivity contribution in [2.75, 3.05) is 19.1 Å². The van der Waals surface area contributed by atoms with E-state index in [2.05, 4.69) is 10.3 Å². The van der Waals surface area contributed by atoms with Crippen LogP contribution < -0.4 is 25.4 Å². The Balaban J connectivity index is 1.99. The highest BCUT2D eigenvalue weighted by atomic mass is 35.5. The first kappa shape index (κ1) is 24.6. The van der Waals surface area contributed by atoms with E-state index in [1.807, 2.05) is 0 Å². The van der Waals surface area contributed by atoms with Crippen LogP contribution in [0.25, 0.3) is 0 Å². The molecule has 3 N–H and O–H groups in total. The highest BCUT2D eigenvalue weighted by Crippen LogP contribution is 2.41. The van der Waals surface area contributed by atoms with Crippen LogP contribution in [0.1, 0.15) is 16.1 Å². The maximum Gasteiger partial charge on any atom is 0.416 e. The first-order chi connectivity index (χ1) is 16.0. The van der Waals surface area contributed by atoms with Gasteiger partial charge in [0.2, 0.25) is 0 Å². The third-order valence-electron chi connectivity index (χ3n) is 4.56. The third kappa shape index (κ3) is 5.31. The summed E-state index contributed by atoms with van der Waals surface area (Å²) in [6.45, 7) is 0. The molecule has 0 radical (unpaired) electrons. The van der Waals surface area contributed by atoms with E-state index in [0.717, 1.165) is 23.1 Å². The van der Waals surface area contributed by atoms with Crippen molar-refractivity contribution in [3.8, 4) is 17.2 Å². The fraction of sp³-hybridized carbons (Fsp3) is 0.136. The summed E-state index contributed by atoms with van der Waals surface area (Å²) in [4.78, 5) is 28.8. The van der Waals surface area contributed by atoms with Crippen LogP contribution in [0, 0.1) is 0 Å². The number of aromatic nitrogens is 1. The lowest BCUT2D eigenvalue weighted by Crippen LogP contribution is -2.32. The summed E-state index contributed by atoms with van der Waals surface area (Å²) in [6, 6.07) is 8.56. The summed E-state index contributed by atoms with van der Waals surface area (Å²) < 4.78 is 50.6. The number of urea groups is 1. The Morgan fingerprint density at radius 1 is 1.09 bits per heavy atom. The largest absolute Gasteiger partial charge is 0.495 e. The second-order valence-electron chi connectivity index (χ2n) is 6.73. The van der Waals surface area contributed by atoms with E-state index in [9.17, 15) is 22.8 Å². The van der Waals surface area contributed by atoms with Crippen LogP contribution >= 0.6 is 11.6 Å². The highest BCUT2D eigenvalue weighted by molar-refractivity contribution is 6.32. The minimum absolute atomic E-state index is 0.0123. The number of hydrogen-bond acceptors (Lipinski definition) is 5. The summed E-state index contributed by atoms with van der Waals surface area (Å²) in [5, 5.41) is 2.46. The number of carbonyl (C=O) groups is 2. The van der Waals surface area contributed by atoms with Crippen molar-refractivity contribution in [1.29, 1.82) is 0 Å². The maximum atomic E-state index is 13.3. The molecule has 0 saturated carbocycles. The van der Waals surface area contributed by atoms with Crippen molar-refractivity contribution < 1.29 is 32.2 Å². The molecule has 0 bridgehead atoms. The highest BCUT2D eigenvalue weighted by Gasteiger charge is 2.33. The van der Waals surface area contributed by atoms with Crippen molar-refractivity contribution in [1.82, 2.24) is 10.3 Å². The molecule has 0 saturated heterocycles. The minimum Gasteiger partial charge on any atom is -0.495 e. The number of hydrogen-bond donors (Lipinski definition) is 2. The number of carbonyl (C=O) groups excluding carboxylic acids is 2. The summed E-state index contributed by atoms with van der Waals surface area (Å²) >= 11 is 6.31. The van der Waals surface area contributed by atoms with Crippen LogP contribution in [0.4, 0.5) is 29.3 Å². The van der Waals surface area contributed by atoms with Crippen molar-refractivity contribution in [3.05, 3.63) is 71.0 Å². The van der Waals surface area contributed by atoms with Crippen molar-refractivity contribution in [2.45, 2.75) is 6.18 Å². The molecule has 1 aromatic heterocycles. The van der Waals surface area contributed by atoms with Gasteiger partial charge in [-0.1, -0.05) is 11.6 Å². The van der Waals surface area contributed by atoms with E-state index in [4.69, 9.17) is 26.8 Å².